The zero-order valence-corrected chi connectivity index (χ0v) is 17.1. The summed E-state index contributed by atoms with van der Waals surface area (Å²) >= 11 is 6.39. The summed E-state index contributed by atoms with van der Waals surface area (Å²) < 4.78 is 1.56. The van der Waals surface area contributed by atoms with Crippen LogP contribution in [-0.4, -0.2) is 19.4 Å². The van der Waals surface area contributed by atoms with E-state index >= 15 is 0 Å². The number of H-pyrrole nitrogens is 1. The van der Waals surface area contributed by atoms with E-state index < -0.39 is 0 Å². The standard InChI is InChI=1S/C18H12N4OS4/c23-14-9-11(19-18-22(14)5-8-26-18)10-27-17-20-15(12-3-1-6-24-12)16(21-17)13-4-2-7-25-13/h1-9H,10H2,(H,20,21). The van der Waals surface area contributed by atoms with Crippen molar-refractivity contribution in [1.82, 2.24) is 19.4 Å². The van der Waals surface area contributed by atoms with Crippen molar-refractivity contribution in [2.75, 3.05) is 0 Å². The number of aromatic nitrogens is 4. The fourth-order valence-corrected chi connectivity index (χ4v) is 5.66. The summed E-state index contributed by atoms with van der Waals surface area (Å²) in [6, 6.07) is 9.85. The van der Waals surface area contributed by atoms with Gasteiger partial charge in [-0.1, -0.05) is 23.9 Å². The third kappa shape index (κ3) is 3.27. The molecule has 0 atom stereocenters. The Morgan fingerprint density at radius 2 is 1.85 bits per heavy atom. The number of aromatic amines is 1. The van der Waals surface area contributed by atoms with Gasteiger partial charge in [0, 0.05) is 23.4 Å². The monoisotopic (exact) mass is 428 g/mol. The molecule has 0 radical (unpaired) electrons. The van der Waals surface area contributed by atoms with Gasteiger partial charge in [-0.25, -0.2) is 9.97 Å². The second kappa shape index (κ2) is 7.08. The van der Waals surface area contributed by atoms with Crippen LogP contribution in [0.3, 0.4) is 0 Å². The van der Waals surface area contributed by atoms with Crippen LogP contribution in [0.1, 0.15) is 5.69 Å². The van der Waals surface area contributed by atoms with Gasteiger partial charge in [-0.05, 0) is 22.9 Å². The molecule has 0 aromatic carbocycles. The number of fused-ring (bicyclic) bond motifs is 1. The summed E-state index contributed by atoms with van der Waals surface area (Å²) in [5.41, 5.74) is 2.72. The summed E-state index contributed by atoms with van der Waals surface area (Å²) in [5.74, 6) is 0.588. The van der Waals surface area contributed by atoms with Crippen LogP contribution in [0, 0.1) is 0 Å². The van der Waals surface area contributed by atoms with Crippen molar-refractivity contribution in [3.63, 3.8) is 0 Å². The first-order valence-corrected chi connectivity index (χ1v) is 11.7. The van der Waals surface area contributed by atoms with Gasteiger partial charge in [-0.3, -0.25) is 9.20 Å². The molecule has 27 heavy (non-hydrogen) atoms. The average Bonchev–Trinajstić information content (AvgIpc) is 3.47. The van der Waals surface area contributed by atoms with Crippen molar-refractivity contribution in [2.45, 2.75) is 10.9 Å². The minimum atomic E-state index is -0.0464. The van der Waals surface area contributed by atoms with Crippen LogP contribution < -0.4 is 5.56 Å². The van der Waals surface area contributed by atoms with Gasteiger partial charge in [0.15, 0.2) is 10.1 Å². The lowest BCUT2D eigenvalue weighted by Crippen LogP contribution is -2.12. The maximum absolute atomic E-state index is 12.1. The molecule has 0 spiro atoms. The number of imidazole rings is 1. The minimum Gasteiger partial charge on any atom is -0.332 e. The fraction of sp³-hybridized carbons (Fsp3) is 0.0556. The third-order valence-corrected chi connectivity index (χ3v) is 7.34. The first-order chi connectivity index (χ1) is 13.3. The highest BCUT2D eigenvalue weighted by Gasteiger charge is 2.16. The second-order valence-corrected chi connectivity index (χ2v) is 9.38. The molecular formula is C18H12N4OS4. The van der Waals surface area contributed by atoms with E-state index in [1.54, 1.807) is 51.1 Å². The molecule has 5 rings (SSSR count). The Morgan fingerprint density at radius 1 is 1.04 bits per heavy atom. The Bertz CT molecular complexity index is 1200. The first kappa shape index (κ1) is 16.9. The SMILES string of the molecule is O=c1cc(CSc2nc(-c3cccs3)c(-c3cccs3)[nH]2)nc2sccn12. The Kier molecular flexibility index (Phi) is 4.44. The van der Waals surface area contributed by atoms with Gasteiger partial charge in [0.1, 0.15) is 5.69 Å². The van der Waals surface area contributed by atoms with Gasteiger partial charge in [0.05, 0.1) is 21.1 Å². The van der Waals surface area contributed by atoms with Crippen molar-refractivity contribution in [2.24, 2.45) is 0 Å². The molecule has 0 unspecified atom stereocenters. The van der Waals surface area contributed by atoms with Crippen LogP contribution in [0.5, 0.6) is 0 Å². The summed E-state index contributed by atoms with van der Waals surface area (Å²) in [7, 11) is 0. The number of hydrogen-bond donors (Lipinski definition) is 1. The number of nitrogens with one attached hydrogen (secondary N) is 1. The van der Waals surface area contributed by atoms with Crippen LogP contribution >= 0.6 is 45.8 Å². The lowest BCUT2D eigenvalue weighted by atomic mass is 10.2. The number of thioether (sulfide) groups is 1. The predicted octanol–water partition coefficient (Wildman–Crippen LogP) is 5.23. The van der Waals surface area contributed by atoms with E-state index in [2.05, 4.69) is 32.9 Å². The molecule has 9 heteroatoms. The molecule has 0 aliphatic carbocycles. The van der Waals surface area contributed by atoms with Gasteiger partial charge >= 0.3 is 0 Å². The normalized spacial score (nSPS) is 11.4. The molecule has 5 aromatic rings. The van der Waals surface area contributed by atoms with Gasteiger partial charge in [-0.2, -0.15) is 0 Å². The summed E-state index contributed by atoms with van der Waals surface area (Å²) in [4.78, 5) is 28.0. The zero-order valence-electron chi connectivity index (χ0n) is 13.8. The number of thiophene rings is 2. The van der Waals surface area contributed by atoms with Crippen molar-refractivity contribution in [3.05, 3.63) is 68.7 Å². The van der Waals surface area contributed by atoms with E-state index in [0.717, 1.165) is 37.0 Å². The Hall–Kier alpha value is -2.20. The molecule has 5 nitrogen and oxygen atoms in total. The molecule has 0 saturated heterocycles. The fourth-order valence-electron chi connectivity index (χ4n) is 2.71. The van der Waals surface area contributed by atoms with Gasteiger partial charge < -0.3 is 4.98 Å². The molecule has 134 valence electrons. The smallest absolute Gasteiger partial charge is 0.258 e. The number of hydrogen-bond acceptors (Lipinski definition) is 7. The van der Waals surface area contributed by atoms with Crippen molar-refractivity contribution >= 4 is 50.7 Å². The first-order valence-electron chi connectivity index (χ1n) is 8.04. The topological polar surface area (TPSA) is 63.0 Å². The maximum atomic E-state index is 12.1. The molecule has 0 amide bonds. The number of rotatable bonds is 5. The van der Waals surface area contributed by atoms with Crippen LogP contribution in [-0.2, 0) is 5.75 Å². The van der Waals surface area contributed by atoms with E-state index in [1.807, 2.05) is 17.5 Å². The molecule has 0 bridgehead atoms. The molecule has 5 aromatic heterocycles. The largest absolute Gasteiger partial charge is 0.332 e. The molecular weight excluding hydrogens is 416 g/mol. The molecule has 1 N–H and O–H groups in total. The summed E-state index contributed by atoms with van der Waals surface area (Å²) in [5, 5.41) is 6.82. The van der Waals surface area contributed by atoms with E-state index in [-0.39, 0.29) is 5.56 Å². The number of thiazole rings is 1. The highest BCUT2D eigenvalue weighted by molar-refractivity contribution is 7.98. The van der Waals surface area contributed by atoms with Gasteiger partial charge in [0.2, 0.25) is 0 Å². The molecule has 5 heterocycles. The highest BCUT2D eigenvalue weighted by Crippen LogP contribution is 2.37. The van der Waals surface area contributed by atoms with Gasteiger partial charge in [0.25, 0.3) is 5.56 Å². The predicted molar refractivity (Wildman–Crippen MR) is 114 cm³/mol. The van der Waals surface area contributed by atoms with Crippen molar-refractivity contribution < 1.29 is 0 Å². The summed E-state index contributed by atoms with van der Waals surface area (Å²) in [6.45, 7) is 0. The summed E-state index contributed by atoms with van der Waals surface area (Å²) in [6.07, 6.45) is 1.75. The minimum absolute atomic E-state index is 0.0464. The van der Waals surface area contributed by atoms with Crippen LogP contribution in [0.2, 0.25) is 0 Å². The highest BCUT2D eigenvalue weighted by atomic mass is 32.2. The molecule has 0 saturated carbocycles. The van der Waals surface area contributed by atoms with Crippen molar-refractivity contribution in [1.29, 1.82) is 0 Å². The molecule has 0 aliphatic heterocycles. The Balaban J connectivity index is 1.46. The van der Waals surface area contributed by atoms with E-state index in [9.17, 15) is 4.79 Å². The third-order valence-electron chi connectivity index (χ3n) is 3.92. The van der Waals surface area contributed by atoms with Gasteiger partial charge in [-0.15, -0.1) is 34.0 Å². The van der Waals surface area contributed by atoms with E-state index in [0.29, 0.717) is 5.75 Å². The maximum Gasteiger partial charge on any atom is 0.258 e. The Labute approximate surface area is 170 Å². The lowest BCUT2D eigenvalue weighted by Gasteiger charge is -1.99. The van der Waals surface area contributed by atoms with Crippen LogP contribution in [0.4, 0.5) is 0 Å². The average molecular weight is 429 g/mol. The lowest BCUT2D eigenvalue weighted by molar-refractivity contribution is 1.03. The van der Waals surface area contributed by atoms with Crippen molar-refractivity contribution in [3.8, 4) is 21.1 Å². The van der Waals surface area contributed by atoms with E-state index in [4.69, 9.17) is 4.98 Å². The van der Waals surface area contributed by atoms with Crippen LogP contribution in [0.25, 0.3) is 26.1 Å². The Morgan fingerprint density at radius 3 is 2.63 bits per heavy atom. The molecule has 0 fully saturated rings. The second-order valence-electron chi connectivity index (χ2n) is 5.65. The quantitative estimate of drug-likeness (QED) is 0.390. The van der Waals surface area contributed by atoms with E-state index in [1.165, 1.54) is 11.3 Å². The van der Waals surface area contributed by atoms with Crippen LogP contribution in [0.15, 0.2) is 62.6 Å². The molecule has 0 aliphatic rings. The number of nitrogens with zero attached hydrogens (tertiary/aromatic N) is 3. The zero-order chi connectivity index (χ0) is 18.2.